The van der Waals surface area contributed by atoms with Crippen molar-refractivity contribution in [3.05, 3.63) is 83.6 Å². The number of aliphatic hydroxyl groups is 1. The fraction of sp³-hybridized carbons (Fsp3) is 0.417. The van der Waals surface area contributed by atoms with Gasteiger partial charge in [0.15, 0.2) is 0 Å². The monoisotopic (exact) mass is 728 g/mol. The third-order valence-corrected chi connectivity index (χ3v) is 9.11. The van der Waals surface area contributed by atoms with Crippen LogP contribution in [0.15, 0.2) is 54.7 Å². The van der Waals surface area contributed by atoms with Crippen molar-refractivity contribution in [1.82, 2.24) is 30.0 Å². The van der Waals surface area contributed by atoms with Gasteiger partial charge in [-0.2, -0.15) is 0 Å². The Bertz CT molecular complexity index is 1840. The molecule has 4 amide bonds. The van der Waals surface area contributed by atoms with E-state index < -0.39 is 70.7 Å². The van der Waals surface area contributed by atoms with E-state index in [0.29, 0.717) is 0 Å². The molecule has 52 heavy (non-hydrogen) atoms. The van der Waals surface area contributed by atoms with Gasteiger partial charge in [0.25, 0.3) is 17.7 Å². The number of phenols is 1. The van der Waals surface area contributed by atoms with Gasteiger partial charge >= 0.3 is 0 Å². The van der Waals surface area contributed by atoms with Gasteiger partial charge in [0.2, 0.25) is 5.91 Å². The summed E-state index contributed by atoms with van der Waals surface area (Å²) in [4.78, 5) is 58.2. The number of hydrogen-bond acceptors (Lipinski definition) is 8. The van der Waals surface area contributed by atoms with E-state index in [1.54, 1.807) is 13.8 Å². The van der Waals surface area contributed by atoms with E-state index in [1.807, 2.05) is 0 Å². The number of nitrogens with zero attached hydrogens (tertiary/aromatic N) is 4. The predicted octanol–water partition coefficient (Wildman–Crippen LogP) is 2.99. The van der Waals surface area contributed by atoms with Gasteiger partial charge in [-0.1, -0.05) is 13.8 Å². The number of phenolic OH excluding ortho intramolecular Hbond substituents is 1. The normalized spacial score (nSPS) is 18.6. The maximum Gasteiger partial charge on any atom is 0.253 e. The van der Waals surface area contributed by atoms with Crippen LogP contribution in [0.3, 0.4) is 0 Å². The molecule has 0 aliphatic carbocycles. The standard InChI is InChI=1S/C36H40F4N6O6/c1-20(47)35(52)46(18-22-15-41-16-28(22)40)33(36(2,3)14-30(49)42-8-9-45-31(50)6-7-32(45)51)34-43-29(26-13-23(37)4-5-27(26)39)19-44(34)17-21-10-24(38)12-25(48)11-21/h4-7,10-13,19-20,22,28,33,41,47-48H,8-9,14-18H2,1-3H3,(H,42,49)/t20-,22+,28+,33+/m1/s1. The number of carbonyl (C=O) groups is 4. The second-order valence-corrected chi connectivity index (χ2v) is 13.7. The largest absolute Gasteiger partial charge is 0.508 e. The number of nitrogens with one attached hydrogen (secondary N) is 2. The fourth-order valence-electron chi connectivity index (χ4n) is 6.66. The zero-order valence-electron chi connectivity index (χ0n) is 28.8. The lowest BCUT2D eigenvalue weighted by atomic mass is 9.78. The highest BCUT2D eigenvalue weighted by Crippen LogP contribution is 2.43. The number of rotatable bonds is 14. The molecule has 0 bridgehead atoms. The van der Waals surface area contributed by atoms with Crippen LogP contribution in [0.1, 0.15) is 44.6 Å². The molecular formula is C36H40F4N6O6. The summed E-state index contributed by atoms with van der Waals surface area (Å²) in [5, 5.41) is 26.4. The Hall–Kier alpha value is -5.09. The molecule has 1 aromatic heterocycles. The van der Waals surface area contributed by atoms with Gasteiger partial charge in [-0.05, 0) is 42.8 Å². The van der Waals surface area contributed by atoms with Crippen molar-refractivity contribution >= 4 is 23.6 Å². The van der Waals surface area contributed by atoms with Gasteiger partial charge in [-0.25, -0.2) is 22.5 Å². The highest BCUT2D eigenvalue weighted by atomic mass is 19.1. The maximum atomic E-state index is 15.2. The van der Waals surface area contributed by atoms with Crippen molar-refractivity contribution in [2.75, 3.05) is 32.7 Å². The maximum absolute atomic E-state index is 15.2. The highest BCUT2D eigenvalue weighted by molar-refractivity contribution is 6.12. The average Bonchev–Trinajstić information content (AvgIpc) is 3.75. The second-order valence-electron chi connectivity index (χ2n) is 13.7. The Morgan fingerprint density at radius 3 is 2.42 bits per heavy atom. The van der Waals surface area contributed by atoms with E-state index in [9.17, 15) is 38.2 Å². The predicted molar refractivity (Wildman–Crippen MR) is 179 cm³/mol. The lowest BCUT2D eigenvalue weighted by Crippen LogP contribution is -2.50. The zero-order valence-corrected chi connectivity index (χ0v) is 28.8. The minimum atomic E-state index is -1.59. The molecule has 0 spiro atoms. The molecule has 2 aliphatic heterocycles. The first-order valence-electron chi connectivity index (χ1n) is 16.7. The number of carbonyl (C=O) groups excluding carboxylic acids is 4. The molecule has 4 atom stereocenters. The van der Waals surface area contributed by atoms with E-state index in [-0.39, 0.29) is 74.1 Å². The molecule has 1 saturated heterocycles. The number of hydrogen-bond donors (Lipinski definition) is 4. The van der Waals surface area contributed by atoms with Gasteiger partial charge in [0.05, 0.1) is 11.7 Å². The van der Waals surface area contributed by atoms with Crippen LogP contribution in [0.5, 0.6) is 5.75 Å². The van der Waals surface area contributed by atoms with Gasteiger partial charge in [-0.3, -0.25) is 24.1 Å². The summed E-state index contributed by atoms with van der Waals surface area (Å²) in [6.07, 6.45) is 0.313. The molecule has 1 fully saturated rings. The molecule has 3 heterocycles. The summed E-state index contributed by atoms with van der Waals surface area (Å²) in [5.74, 6) is -5.89. The summed E-state index contributed by atoms with van der Waals surface area (Å²) in [6.45, 7) is 4.07. The lowest BCUT2D eigenvalue weighted by Gasteiger charge is -2.43. The molecular weight excluding hydrogens is 688 g/mol. The summed E-state index contributed by atoms with van der Waals surface area (Å²) >= 11 is 0. The molecule has 12 nitrogen and oxygen atoms in total. The van der Waals surface area contributed by atoms with Gasteiger partial charge in [-0.15, -0.1) is 0 Å². The third-order valence-electron chi connectivity index (χ3n) is 9.11. The topological polar surface area (TPSA) is 157 Å². The molecule has 2 aliphatic rings. The molecule has 16 heteroatoms. The summed E-state index contributed by atoms with van der Waals surface area (Å²) in [5.41, 5.74) is -1.40. The Labute approximate surface area is 297 Å². The minimum absolute atomic E-state index is 0.00918. The summed E-state index contributed by atoms with van der Waals surface area (Å²) in [7, 11) is 0. The zero-order chi connectivity index (χ0) is 37.9. The van der Waals surface area contributed by atoms with Crippen molar-refractivity contribution in [2.24, 2.45) is 11.3 Å². The number of amides is 4. The first-order chi connectivity index (χ1) is 24.5. The first-order valence-corrected chi connectivity index (χ1v) is 16.7. The molecule has 2 aromatic carbocycles. The molecule has 5 rings (SSSR count). The summed E-state index contributed by atoms with van der Waals surface area (Å²) < 4.78 is 60.6. The second kappa shape index (κ2) is 15.7. The SMILES string of the molecule is C[C@@H](O)C(=O)N(C[C@@H]1CNC[C@@H]1F)[C@@H](c1nc(-c2cc(F)ccc2F)cn1Cc1cc(O)cc(F)c1)C(C)(C)CC(=O)NCCN1C(=O)C=CC1=O. The quantitative estimate of drug-likeness (QED) is 0.146. The van der Waals surface area contributed by atoms with Gasteiger partial charge < -0.3 is 30.3 Å². The smallest absolute Gasteiger partial charge is 0.253 e. The lowest BCUT2D eigenvalue weighted by molar-refractivity contribution is -0.147. The van der Waals surface area contributed by atoms with Crippen LogP contribution >= 0.6 is 0 Å². The van der Waals surface area contributed by atoms with Crippen LogP contribution in [-0.4, -0.2) is 98.2 Å². The van der Waals surface area contributed by atoms with Crippen LogP contribution in [-0.2, 0) is 25.7 Å². The van der Waals surface area contributed by atoms with E-state index in [4.69, 9.17) is 0 Å². The van der Waals surface area contributed by atoms with Crippen molar-refractivity contribution in [3.8, 4) is 17.0 Å². The van der Waals surface area contributed by atoms with Crippen LogP contribution < -0.4 is 10.6 Å². The molecule has 0 saturated carbocycles. The Balaban J connectivity index is 1.61. The molecule has 0 radical (unpaired) electrons. The van der Waals surface area contributed by atoms with E-state index in [1.165, 1.54) is 28.7 Å². The number of imidazole rings is 1. The van der Waals surface area contributed by atoms with Crippen molar-refractivity contribution in [2.45, 2.75) is 52.1 Å². The molecule has 3 aromatic rings. The van der Waals surface area contributed by atoms with Crippen molar-refractivity contribution in [3.63, 3.8) is 0 Å². The number of imide groups is 1. The van der Waals surface area contributed by atoms with Crippen molar-refractivity contribution in [1.29, 1.82) is 0 Å². The number of aromatic nitrogens is 2. The van der Waals surface area contributed by atoms with E-state index in [2.05, 4.69) is 15.6 Å². The molecule has 0 unspecified atom stereocenters. The molecule has 278 valence electrons. The Kier molecular flexibility index (Phi) is 11.5. The van der Waals surface area contributed by atoms with Crippen LogP contribution in [0.2, 0.25) is 0 Å². The summed E-state index contributed by atoms with van der Waals surface area (Å²) in [6, 6.07) is 4.83. The van der Waals surface area contributed by atoms with E-state index >= 15 is 8.78 Å². The first kappa shape index (κ1) is 38.1. The number of aliphatic hydroxyl groups excluding tert-OH is 1. The van der Waals surface area contributed by atoms with Crippen LogP contribution in [0, 0.1) is 28.8 Å². The van der Waals surface area contributed by atoms with Crippen LogP contribution in [0.4, 0.5) is 17.6 Å². The number of benzene rings is 2. The third kappa shape index (κ3) is 8.67. The van der Waals surface area contributed by atoms with Gasteiger partial charge in [0, 0.05) is 87.0 Å². The molecule has 4 N–H and O–H groups in total. The Morgan fingerprint density at radius 1 is 1.08 bits per heavy atom. The number of aromatic hydroxyl groups is 1. The van der Waals surface area contributed by atoms with Gasteiger partial charge in [0.1, 0.15) is 41.3 Å². The fourth-order valence-corrected chi connectivity index (χ4v) is 6.66. The highest BCUT2D eigenvalue weighted by Gasteiger charge is 2.45. The van der Waals surface area contributed by atoms with Crippen LogP contribution in [0.25, 0.3) is 11.3 Å². The Morgan fingerprint density at radius 2 is 1.79 bits per heavy atom. The number of halogens is 4. The van der Waals surface area contributed by atoms with Crippen molar-refractivity contribution < 1.29 is 47.0 Å². The average molecular weight is 729 g/mol. The number of alkyl halides is 1. The van der Waals surface area contributed by atoms with E-state index in [0.717, 1.165) is 47.4 Å². The minimum Gasteiger partial charge on any atom is -0.508 e.